The van der Waals surface area contributed by atoms with Gasteiger partial charge < -0.3 is 15.0 Å². The predicted molar refractivity (Wildman–Crippen MR) is 132 cm³/mol. The Morgan fingerprint density at radius 1 is 1.25 bits per heavy atom. The Labute approximate surface area is 198 Å². The average molecular weight is 480 g/mol. The molecule has 5 rings (SSSR count). The molecule has 0 spiro atoms. The number of carbonyl (C=O) groups excluding carboxylic acids is 2. The van der Waals surface area contributed by atoms with Crippen molar-refractivity contribution in [3.05, 3.63) is 69.6 Å². The van der Waals surface area contributed by atoms with Gasteiger partial charge in [0.25, 0.3) is 11.8 Å². The van der Waals surface area contributed by atoms with E-state index < -0.39 is 0 Å². The maximum absolute atomic E-state index is 12.8. The van der Waals surface area contributed by atoms with Gasteiger partial charge in [0.15, 0.2) is 6.61 Å². The van der Waals surface area contributed by atoms with Crippen LogP contribution in [0, 0.1) is 6.92 Å². The molecule has 2 amide bonds. The van der Waals surface area contributed by atoms with E-state index in [-0.39, 0.29) is 18.4 Å². The van der Waals surface area contributed by atoms with Gasteiger partial charge in [0.1, 0.15) is 15.1 Å². The van der Waals surface area contributed by atoms with Crippen molar-refractivity contribution >= 4 is 63.2 Å². The van der Waals surface area contributed by atoms with Gasteiger partial charge in [-0.25, -0.2) is 4.98 Å². The van der Waals surface area contributed by atoms with Gasteiger partial charge in [-0.1, -0.05) is 41.7 Å². The molecule has 0 atom stereocenters. The maximum Gasteiger partial charge on any atom is 0.265 e. The Kier molecular flexibility index (Phi) is 5.54. The van der Waals surface area contributed by atoms with Gasteiger partial charge >= 0.3 is 0 Å². The third-order valence-corrected chi connectivity index (χ3v) is 7.01. The van der Waals surface area contributed by atoms with Crippen LogP contribution < -0.4 is 15.0 Å². The van der Waals surface area contributed by atoms with Crippen molar-refractivity contribution in [3.63, 3.8) is 0 Å². The molecule has 3 heterocycles. The number of aryl methyl sites for hydroxylation is 1. The monoisotopic (exact) mass is 479 g/mol. The van der Waals surface area contributed by atoms with Gasteiger partial charge in [0.05, 0.1) is 17.1 Å². The number of ether oxygens (including phenoxy) is 1. The molecule has 0 unspecified atom stereocenters. The number of thiocarbonyl (C=S) groups is 1. The molecule has 1 fully saturated rings. The topological polar surface area (TPSA) is 71.5 Å². The van der Waals surface area contributed by atoms with E-state index in [1.165, 1.54) is 11.8 Å². The van der Waals surface area contributed by atoms with Crippen LogP contribution >= 0.6 is 35.3 Å². The fourth-order valence-electron chi connectivity index (χ4n) is 3.68. The highest BCUT2D eigenvalue weighted by Crippen LogP contribution is 2.36. The van der Waals surface area contributed by atoms with Crippen molar-refractivity contribution in [2.24, 2.45) is 0 Å². The van der Waals surface area contributed by atoms with Crippen LogP contribution in [-0.4, -0.2) is 27.7 Å². The Balaban J connectivity index is 1.49. The van der Waals surface area contributed by atoms with Crippen molar-refractivity contribution < 1.29 is 14.3 Å². The third-order valence-electron chi connectivity index (χ3n) is 5.02. The van der Waals surface area contributed by atoms with Crippen LogP contribution in [0.3, 0.4) is 0 Å². The molecule has 0 saturated carbocycles. The van der Waals surface area contributed by atoms with Crippen LogP contribution in [0.15, 0.2) is 52.9 Å². The molecular weight excluding hydrogens is 462 g/mol. The van der Waals surface area contributed by atoms with Crippen LogP contribution in [-0.2, 0) is 16.1 Å². The fourth-order valence-corrected chi connectivity index (χ4v) is 5.35. The molecular formula is C23H17N3O3S3. The molecule has 3 aromatic rings. The van der Waals surface area contributed by atoms with Crippen molar-refractivity contribution in [1.29, 1.82) is 0 Å². The van der Waals surface area contributed by atoms with E-state index in [1.807, 2.05) is 30.5 Å². The third kappa shape index (κ3) is 4.19. The molecule has 1 saturated heterocycles. The van der Waals surface area contributed by atoms with Gasteiger partial charge in [0, 0.05) is 17.1 Å². The summed E-state index contributed by atoms with van der Waals surface area (Å²) in [5.41, 5.74) is 4.62. The van der Waals surface area contributed by atoms with Crippen LogP contribution in [0.4, 0.5) is 5.69 Å². The number of hydrogen-bond acceptors (Lipinski definition) is 7. The number of thiazole rings is 1. The summed E-state index contributed by atoms with van der Waals surface area (Å²) >= 11 is 7.87. The second-order valence-electron chi connectivity index (χ2n) is 7.39. The Bertz CT molecular complexity index is 1280. The Morgan fingerprint density at radius 2 is 2.12 bits per heavy atom. The first kappa shape index (κ1) is 20.9. The summed E-state index contributed by atoms with van der Waals surface area (Å²) in [5, 5.41) is 5.51. The van der Waals surface area contributed by atoms with E-state index in [0.29, 0.717) is 27.2 Å². The maximum atomic E-state index is 12.8. The van der Waals surface area contributed by atoms with E-state index in [2.05, 4.69) is 28.5 Å². The minimum atomic E-state index is -0.212. The molecule has 160 valence electrons. The minimum Gasteiger partial charge on any atom is -0.482 e. The molecule has 9 heteroatoms. The first-order chi connectivity index (χ1) is 15.5. The average Bonchev–Trinajstić information content (AvgIpc) is 3.40. The SMILES string of the molecule is Cc1cc(CN2C(=O)COc3ccc(C=C4SC(=S)NC4=O)cc32)cc(-c2nccs2)c1. The molecule has 2 aliphatic heterocycles. The first-order valence-corrected chi connectivity index (χ1v) is 11.9. The number of amides is 2. The molecule has 2 aromatic carbocycles. The molecule has 2 aliphatic rings. The number of aromatic nitrogens is 1. The van der Waals surface area contributed by atoms with E-state index in [9.17, 15) is 9.59 Å². The minimum absolute atomic E-state index is 0.00881. The number of rotatable bonds is 4. The lowest BCUT2D eigenvalue weighted by atomic mass is 10.0. The van der Waals surface area contributed by atoms with Crippen molar-refractivity contribution in [1.82, 2.24) is 10.3 Å². The quantitative estimate of drug-likeness (QED) is 0.438. The summed E-state index contributed by atoms with van der Waals surface area (Å²) in [6.07, 6.45) is 3.56. The first-order valence-electron chi connectivity index (χ1n) is 9.79. The number of nitrogens with zero attached hydrogens (tertiary/aromatic N) is 2. The number of benzene rings is 2. The van der Waals surface area contributed by atoms with Crippen LogP contribution in [0.1, 0.15) is 16.7 Å². The standard InChI is InChI=1S/C23H17N3O3S3/c1-13-6-15(8-16(7-13)22-24-4-5-31-22)11-26-17-9-14(2-3-18(17)29-12-20(26)27)10-19-21(28)25-23(30)32-19/h2-10H,11-12H2,1H3,(H,25,28,30). The van der Waals surface area contributed by atoms with Crippen LogP contribution in [0.5, 0.6) is 5.75 Å². The zero-order valence-corrected chi connectivity index (χ0v) is 19.4. The highest BCUT2D eigenvalue weighted by atomic mass is 32.2. The van der Waals surface area contributed by atoms with Gasteiger partial charge in [-0.2, -0.15) is 0 Å². The predicted octanol–water partition coefficient (Wildman–Crippen LogP) is 4.53. The van der Waals surface area contributed by atoms with Crippen LogP contribution in [0.25, 0.3) is 16.6 Å². The summed E-state index contributed by atoms with van der Waals surface area (Å²) in [5.74, 6) is 0.309. The van der Waals surface area contributed by atoms with Gasteiger partial charge in [-0.3, -0.25) is 9.59 Å². The normalized spacial score (nSPS) is 16.8. The smallest absolute Gasteiger partial charge is 0.265 e. The Hall–Kier alpha value is -3.01. The molecule has 0 aliphatic carbocycles. The van der Waals surface area contributed by atoms with Crippen molar-refractivity contribution in [2.45, 2.75) is 13.5 Å². The molecule has 1 N–H and O–H groups in total. The highest BCUT2D eigenvalue weighted by Gasteiger charge is 2.27. The highest BCUT2D eigenvalue weighted by molar-refractivity contribution is 8.26. The number of thioether (sulfide) groups is 1. The molecule has 0 bridgehead atoms. The lowest BCUT2D eigenvalue weighted by Crippen LogP contribution is -2.38. The van der Waals surface area contributed by atoms with Gasteiger partial charge in [-0.05, 0) is 48.4 Å². The number of hydrogen-bond donors (Lipinski definition) is 1. The summed E-state index contributed by atoms with van der Waals surface area (Å²) in [7, 11) is 0. The van der Waals surface area contributed by atoms with Crippen LogP contribution in [0.2, 0.25) is 0 Å². The summed E-state index contributed by atoms with van der Waals surface area (Å²) in [6, 6.07) is 11.8. The molecule has 0 radical (unpaired) electrons. The number of anilines is 1. The number of fused-ring (bicyclic) bond motifs is 1. The molecule has 1 aromatic heterocycles. The van der Waals surface area contributed by atoms with Gasteiger partial charge in [-0.15, -0.1) is 11.3 Å². The second kappa shape index (κ2) is 8.50. The fraction of sp³-hybridized carbons (Fsp3) is 0.130. The van der Waals surface area contributed by atoms with Crippen molar-refractivity contribution in [3.8, 4) is 16.3 Å². The number of nitrogens with one attached hydrogen (secondary N) is 1. The van der Waals surface area contributed by atoms with Gasteiger partial charge in [0.2, 0.25) is 0 Å². The van der Waals surface area contributed by atoms with E-state index in [1.54, 1.807) is 28.5 Å². The zero-order valence-electron chi connectivity index (χ0n) is 17.0. The largest absolute Gasteiger partial charge is 0.482 e. The summed E-state index contributed by atoms with van der Waals surface area (Å²) < 4.78 is 6.09. The van der Waals surface area contributed by atoms with E-state index >= 15 is 0 Å². The number of carbonyl (C=O) groups is 2. The Morgan fingerprint density at radius 3 is 2.88 bits per heavy atom. The lowest BCUT2D eigenvalue weighted by Gasteiger charge is -2.30. The molecule has 32 heavy (non-hydrogen) atoms. The lowest BCUT2D eigenvalue weighted by molar-refractivity contribution is -0.121. The molecule has 6 nitrogen and oxygen atoms in total. The second-order valence-corrected chi connectivity index (χ2v) is 10.0. The van der Waals surface area contributed by atoms with E-state index in [4.69, 9.17) is 17.0 Å². The summed E-state index contributed by atoms with van der Waals surface area (Å²) in [6.45, 7) is 2.44. The van der Waals surface area contributed by atoms with Crippen molar-refractivity contribution in [2.75, 3.05) is 11.5 Å². The van der Waals surface area contributed by atoms with E-state index in [0.717, 1.165) is 27.3 Å². The summed E-state index contributed by atoms with van der Waals surface area (Å²) in [4.78, 5) is 31.5. The zero-order chi connectivity index (χ0) is 22.2.